The number of methoxy groups -OCH3 is 2. The Hall–Kier alpha value is -2.34. The van der Waals surface area contributed by atoms with Gasteiger partial charge in [-0.2, -0.15) is 4.98 Å². The van der Waals surface area contributed by atoms with E-state index in [-0.39, 0.29) is 29.8 Å². The standard InChI is InChI=1S/C14H13ClN2O4/c1-19-12-7-16-13(14(17-12)20-2)11(18)8-21-10-5-3-4-9(15)6-10/h3-7H,8H2,1-2H3. The highest BCUT2D eigenvalue weighted by atomic mass is 35.5. The predicted octanol–water partition coefficient (Wildman–Crippen LogP) is 2.41. The Kier molecular flexibility index (Phi) is 4.94. The third-order valence-corrected chi connectivity index (χ3v) is 2.79. The van der Waals surface area contributed by atoms with E-state index in [1.807, 2.05) is 0 Å². The van der Waals surface area contributed by atoms with Gasteiger partial charge >= 0.3 is 0 Å². The number of hydrogen-bond acceptors (Lipinski definition) is 6. The molecule has 110 valence electrons. The van der Waals surface area contributed by atoms with Crippen LogP contribution >= 0.6 is 11.6 Å². The lowest BCUT2D eigenvalue weighted by Crippen LogP contribution is -2.15. The quantitative estimate of drug-likeness (QED) is 0.763. The first-order valence-electron chi connectivity index (χ1n) is 6.00. The fraction of sp³-hybridized carbons (Fsp3) is 0.214. The smallest absolute Gasteiger partial charge is 0.246 e. The molecule has 0 N–H and O–H groups in total. The summed E-state index contributed by atoms with van der Waals surface area (Å²) in [5.74, 6) is 0.492. The van der Waals surface area contributed by atoms with Crippen molar-refractivity contribution in [3.8, 4) is 17.5 Å². The average molecular weight is 309 g/mol. The van der Waals surface area contributed by atoms with Crippen molar-refractivity contribution in [1.29, 1.82) is 0 Å². The van der Waals surface area contributed by atoms with Crippen LogP contribution in [0.4, 0.5) is 0 Å². The highest BCUT2D eigenvalue weighted by Gasteiger charge is 2.17. The molecule has 6 nitrogen and oxygen atoms in total. The van der Waals surface area contributed by atoms with Gasteiger partial charge in [0.2, 0.25) is 17.5 Å². The molecule has 0 saturated carbocycles. The topological polar surface area (TPSA) is 70.5 Å². The molecule has 1 aromatic carbocycles. The molecule has 0 unspecified atom stereocenters. The van der Waals surface area contributed by atoms with Crippen LogP contribution in [-0.4, -0.2) is 36.6 Å². The lowest BCUT2D eigenvalue weighted by molar-refractivity contribution is 0.0912. The molecular formula is C14H13ClN2O4. The summed E-state index contributed by atoms with van der Waals surface area (Å²) in [6.07, 6.45) is 1.34. The molecule has 7 heteroatoms. The zero-order valence-electron chi connectivity index (χ0n) is 11.5. The molecule has 0 aliphatic rings. The van der Waals surface area contributed by atoms with E-state index in [1.54, 1.807) is 24.3 Å². The van der Waals surface area contributed by atoms with Crippen LogP contribution in [0.15, 0.2) is 30.5 Å². The van der Waals surface area contributed by atoms with E-state index in [0.717, 1.165) is 0 Å². The van der Waals surface area contributed by atoms with Crippen molar-refractivity contribution in [2.45, 2.75) is 0 Å². The van der Waals surface area contributed by atoms with Gasteiger partial charge in [-0.15, -0.1) is 0 Å². The number of carbonyl (C=O) groups excluding carboxylic acids is 1. The minimum absolute atomic E-state index is 0.0836. The van der Waals surface area contributed by atoms with E-state index in [1.165, 1.54) is 20.4 Å². The molecule has 1 heterocycles. The average Bonchev–Trinajstić information content (AvgIpc) is 2.52. The maximum absolute atomic E-state index is 12.1. The van der Waals surface area contributed by atoms with E-state index in [4.69, 9.17) is 25.8 Å². The third kappa shape index (κ3) is 3.82. The van der Waals surface area contributed by atoms with E-state index >= 15 is 0 Å². The van der Waals surface area contributed by atoms with Gasteiger partial charge in [0.05, 0.1) is 20.4 Å². The summed E-state index contributed by atoms with van der Waals surface area (Å²) in [6.45, 7) is -0.197. The van der Waals surface area contributed by atoms with Crippen molar-refractivity contribution >= 4 is 17.4 Å². The highest BCUT2D eigenvalue weighted by molar-refractivity contribution is 6.30. The van der Waals surface area contributed by atoms with Gasteiger partial charge < -0.3 is 14.2 Å². The molecule has 0 radical (unpaired) electrons. The molecule has 0 fully saturated rings. The van der Waals surface area contributed by atoms with Crippen LogP contribution in [0.25, 0.3) is 0 Å². The van der Waals surface area contributed by atoms with Crippen LogP contribution in [0.1, 0.15) is 10.5 Å². The Bertz CT molecular complexity index is 649. The second kappa shape index (κ2) is 6.90. The number of ketones is 1. The van der Waals surface area contributed by atoms with Crippen molar-refractivity contribution in [2.75, 3.05) is 20.8 Å². The summed E-state index contributed by atoms with van der Waals surface area (Å²) in [4.78, 5) is 20.1. The van der Waals surface area contributed by atoms with Gasteiger partial charge in [0.1, 0.15) is 5.75 Å². The Morgan fingerprint density at radius 2 is 2.10 bits per heavy atom. The summed E-state index contributed by atoms with van der Waals surface area (Å²) < 4.78 is 15.3. The third-order valence-electron chi connectivity index (χ3n) is 2.55. The molecule has 2 rings (SSSR count). The molecule has 0 atom stereocenters. The largest absolute Gasteiger partial charge is 0.485 e. The van der Waals surface area contributed by atoms with Gasteiger partial charge in [0.25, 0.3) is 0 Å². The van der Waals surface area contributed by atoms with Crippen molar-refractivity contribution in [3.05, 3.63) is 41.2 Å². The highest BCUT2D eigenvalue weighted by Crippen LogP contribution is 2.19. The van der Waals surface area contributed by atoms with Crippen LogP contribution < -0.4 is 14.2 Å². The summed E-state index contributed by atoms with van der Waals surface area (Å²) in [7, 11) is 2.85. The first-order chi connectivity index (χ1) is 10.1. The van der Waals surface area contributed by atoms with E-state index in [0.29, 0.717) is 10.8 Å². The lowest BCUT2D eigenvalue weighted by Gasteiger charge is -2.08. The summed E-state index contributed by atoms with van der Waals surface area (Å²) >= 11 is 5.84. The Morgan fingerprint density at radius 1 is 1.29 bits per heavy atom. The van der Waals surface area contributed by atoms with E-state index < -0.39 is 0 Å². The Labute approximate surface area is 126 Å². The Morgan fingerprint density at radius 3 is 2.76 bits per heavy atom. The van der Waals surface area contributed by atoms with E-state index in [9.17, 15) is 4.79 Å². The first kappa shape index (κ1) is 15.1. The predicted molar refractivity (Wildman–Crippen MR) is 76.4 cm³/mol. The van der Waals surface area contributed by atoms with Crippen molar-refractivity contribution in [3.63, 3.8) is 0 Å². The molecule has 0 aliphatic carbocycles. The first-order valence-corrected chi connectivity index (χ1v) is 6.38. The minimum Gasteiger partial charge on any atom is -0.485 e. The fourth-order valence-corrected chi connectivity index (χ4v) is 1.74. The molecule has 1 aromatic heterocycles. The maximum atomic E-state index is 12.1. The van der Waals surface area contributed by atoms with Gasteiger partial charge in [-0.3, -0.25) is 4.79 Å². The van der Waals surface area contributed by atoms with Crippen LogP contribution in [0.3, 0.4) is 0 Å². The molecule has 0 saturated heterocycles. The molecule has 0 amide bonds. The summed E-state index contributed by atoms with van der Waals surface area (Å²) in [5.41, 5.74) is 0.0836. The van der Waals surface area contributed by atoms with Gasteiger partial charge in [-0.25, -0.2) is 4.98 Å². The number of halogens is 1. The van der Waals surface area contributed by atoms with Crippen molar-refractivity contribution in [2.24, 2.45) is 0 Å². The minimum atomic E-state index is -0.359. The summed E-state index contributed by atoms with van der Waals surface area (Å²) in [5, 5.41) is 0.529. The normalized spacial score (nSPS) is 10.0. The number of ether oxygens (including phenoxy) is 3. The van der Waals surface area contributed by atoms with Crippen LogP contribution in [0.2, 0.25) is 5.02 Å². The number of carbonyl (C=O) groups is 1. The van der Waals surface area contributed by atoms with Gasteiger partial charge in [-0.05, 0) is 18.2 Å². The maximum Gasteiger partial charge on any atom is 0.246 e. The molecule has 0 spiro atoms. The monoisotopic (exact) mass is 308 g/mol. The fourth-order valence-electron chi connectivity index (χ4n) is 1.56. The van der Waals surface area contributed by atoms with E-state index in [2.05, 4.69) is 9.97 Å². The number of hydrogen-bond donors (Lipinski definition) is 0. The van der Waals surface area contributed by atoms with Crippen LogP contribution in [0, 0.1) is 0 Å². The number of aromatic nitrogens is 2. The Balaban J connectivity index is 2.10. The van der Waals surface area contributed by atoms with Crippen LogP contribution in [-0.2, 0) is 0 Å². The zero-order valence-corrected chi connectivity index (χ0v) is 12.3. The zero-order chi connectivity index (χ0) is 15.2. The van der Waals surface area contributed by atoms with Crippen molar-refractivity contribution < 1.29 is 19.0 Å². The second-order valence-corrected chi connectivity index (χ2v) is 4.38. The molecule has 21 heavy (non-hydrogen) atoms. The van der Waals surface area contributed by atoms with Crippen LogP contribution in [0.5, 0.6) is 17.5 Å². The molecule has 0 aliphatic heterocycles. The summed E-state index contributed by atoms with van der Waals surface area (Å²) in [6, 6.07) is 6.77. The van der Waals surface area contributed by atoms with Gasteiger partial charge in [0, 0.05) is 5.02 Å². The van der Waals surface area contributed by atoms with Gasteiger partial charge in [-0.1, -0.05) is 17.7 Å². The van der Waals surface area contributed by atoms with Gasteiger partial charge in [0.15, 0.2) is 12.3 Å². The number of benzene rings is 1. The molecule has 0 bridgehead atoms. The second-order valence-electron chi connectivity index (χ2n) is 3.94. The number of nitrogens with zero attached hydrogens (tertiary/aromatic N) is 2. The molecule has 2 aromatic rings. The number of rotatable bonds is 6. The SMILES string of the molecule is COc1cnc(C(=O)COc2cccc(Cl)c2)c(OC)n1. The number of Topliss-reactive ketones (excluding diaryl/α,β-unsaturated/α-hetero) is 1. The lowest BCUT2D eigenvalue weighted by atomic mass is 10.3. The molecular weight excluding hydrogens is 296 g/mol. The van der Waals surface area contributed by atoms with Crippen molar-refractivity contribution in [1.82, 2.24) is 9.97 Å².